The molecule has 2 aliphatic rings. The molecule has 2 fully saturated rings. The van der Waals surface area contributed by atoms with E-state index in [0.717, 1.165) is 12.8 Å². The number of carbonyl (C=O) groups is 1. The SMILES string of the molecule is O=C1CC2(CCOCC2)C(O)CN1. The highest BCUT2D eigenvalue weighted by Crippen LogP contribution is 2.39. The Hall–Kier alpha value is -0.610. The predicted octanol–water partition coefficient (Wildman–Crippen LogP) is -0.336. The molecule has 4 nitrogen and oxygen atoms in total. The van der Waals surface area contributed by atoms with E-state index in [1.807, 2.05) is 0 Å². The van der Waals surface area contributed by atoms with Gasteiger partial charge in [-0.1, -0.05) is 0 Å². The summed E-state index contributed by atoms with van der Waals surface area (Å²) in [4.78, 5) is 11.2. The normalized spacial score (nSPS) is 33.0. The van der Waals surface area contributed by atoms with E-state index in [1.165, 1.54) is 0 Å². The zero-order valence-electron chi connectivity index (χ0n) is 7.58. The maximum Gasteiger partial charge on any atom is 0.220 e. The Labute approximate surface area is 77.3 Å². The van der Waals surface area contributed by atoms with Crippen LogP contribution in [0, 0.1) is 5.41 Å². The second-order valence-electron chi connectivity index (χ2n) is 3.97. The number of aliphatic hydroxyl groups is 1. The highest BCUT2D eigenvalue weighted by atomic mass is 16.5. The van der Waals surface area contributed by atoms with E-state index in [2.05, 4.69) is 5.32 Å². The highest BCUT2D eigenvalue weighted by Gasteiger charge is 2.43. The van der Waals surface area contributed by atoms with Gasteiger partial charge in [0.05, 0.1) is 6.10 Å². The van der Waals surface area contributed by atoms with Crippen LogP contribution in [0.15, 0.2) is 0 Å². The second kappa shape index (κ2) is 3.27. The number of rotatable bonds is 0. The van der Waals surface area contributed by atoms with Crippen LogP contribution < -0.4 is 5.32 Å². The van der Waals surface area contributed by atoms with Gasteiger partial charge < -0.3 is 15.2 Å². The van der Waals surface area contributed by atoms with Crippen molar-refractivity contribution in [1.82, 2.24) is 5.32 Å². The quantitative estimate of drug-likeness (QED) is 0.543. The van der Waals surface area contributed by atoms with Crippen molar-refractivity contribution in [3.63, 3.8) is 0 Å². The van der Waals surface area contributed by atoms with Gasteiger partial charge in [-0.15, -0.1) is 0 Å². The maximum absolute atomic E-state index is 11.2. The van der Waals surface area contributed by atoms with Crippen molar-refractivity contribution < 1.29 is 14.6 Å². The van der Waals surface area contributed by atoms with Crippen LogP contribution >= 0.6 is 0 Å². The van der Waals surface area contributed by atoms with Gasteiger partial charge in [0.1, 0.15) is 0 Å². The number of hydrogen-bond acceptors (Lipinski definition) is 3. The number of β-amino-alcohol motifs (C(OH)–C–C–N with tert-alkyl or cyclic N) is 1. The molecule has 4 heteroatoms. The fourth-order valence-electron chi connectivity index (χ4n) is 2.22. The molecular formula is C9H15NO3. The van der Waals surface area contributed by atoms with E-state index in [0.29, 0.717) is 26.2 Å². The Morgan fingerprint density at radius 3 is 2.85 bits per heavy atom. The fraction of sp³-hybridized carbons (Fsp3) is 0.889. The van der Waals surface area contributed by atoms with Gasteiger partial charge in [0.2, 0.25) is 5.91 Å². The molecule has 0 saturated carbocycles. The van der Waals surface area contributed by atoms with Crippen LogP contribution in [0.1, 0.15) is 19.3 Å². The summed E-state index contributed by atoms with van der Waals surface area (Å²) in [5.74, 6) is 0.0622. The first kappa shape index (κ1) is 8.97. The summed E-state index contributed by atoms with van der Waals surface area (Å²) in [7, 11) is 0. The lowest BCUT2D eigenvalue weighted by molar-refractivity contribution is -0.138. The molecule has 0 aromatic rings. The minimum atomic E-state index is -0.394. The number of amides is 1. The number of aliphatic hydroxyl groups excluding tert-OH is 1. The summed E-state index contributed by atoms with van der Waals surface area (Å²) < 4.78 is 5.24. The first-order chi connectivity index (χ1) is 6.23. The number of piperidine rings is 1. The van der Waals surface area contributed by atoms with Crippen LogP contribution in [0.25, 0.3) is 0 Å². The summed E-state index contributed by atoms with van der Waals surface area (Å²) in [6.07, 6.45) is 1.68. The van der Waals surface area contributed by atoms with E-state index in [4.69, 9.17) is 4.74 Å². The van der Waals surface area contributed by atoms with E-state index >= 15 is 0 Å². The summed E-state index contributed by atoms with van der Waals surface area (Å²) in [5.41, 5.74) is -0.194. The van der Waals surface area contributed by atoms with E-state index in [-0.39, 0.29) is 11.3 Å². The van der Waals surface area contributed by atoms with Crippen molar-refractivity contribution in [3.05, 3.63) is 0 Å². The van der Waals surface area contributed by atoms with Crippen molar-refractivity contribution in [2.24, 2.45) is 5.41 Å². The highest BCUT2D eigenvalue weighted by molar-refractivity contribution is 5.77. The standard InChI is InChI=1S/C9H15NO3/c11-7-6-10-8(12)5-9(7)1-3-13-4-2-9/h7,11H,1-6H2,(H,10,12). The third-order valence-electron chi connectivity index (χ3n) is 3.20. The number of carbonyl (C=O) groups excluding carboxylic acids is 1. The molecule has 74 valence electrons. The van der Waals surface area contributed by atoms with Gasteiger partial charge in [-0.2, -0.15) is 0 Å². The lowest BCUT2D eigenvalue weighted by Gasteiger charge is -2.43. The fourth-order valence-corrected chi connectivity index (χ4v) is 2.22. The van der Waals surface area contributed by atoms with Gasteiger partial charge in [0, 0.05) is 31.6 Å². The van der Waals surface area contributed by atoms with E-state index in [9.17, 15) is 9.90 Å². The molecule has 13 heavy (non-hydrogen) atoms. The molecule has 2 N–H and O–H groups in total. The minimum absolute atomic E-state index is 0.0622. The molecule has 1 spiro atoms. The smallest absolute Gasteiger partial charge is 0.220 e. The predicted molar refractivity (Wildman–Crippen MR) is 46.1 cm³/mol. The number of hydrogen-bond donors (Lipinski definition) is 2. The van der Waals surface area contributed by atoms with Gasteiger partial charge >= 0.3 is 0 Å². The molecule has 0 aromatic heterocycles. The van der Waals surface area contributed by atoms with Crippen LogP contribution in [0.4, 0.5) is 0 Å². The molecule has 2 heterocycles. The summed E-state index contributed by atoms with van der Waals surface area (Å²) in [6, 6.07) is 0. The molecule has 1 unspecified atom stereocenters. The van der Waals surface area contributed by atoms with Crippen molar-refractivity contribution >= 4 is 5.91 Å². The first-order valence-electron chi connectivity index (χ1n) is 4.75. The zero-order chi connectivity index (χ0) is 9.31. The molecule has 1 amide bonds. The Morgan fingerprint density at radius 2 is 2.15 bits per heavy atom. The number of ether oxygens (including phenoxy) is 1. The van der Waals surface area contributed by atoms with Crippen molar-refractivity contribution in [2.45, 2.75) is 25.4 Å². The lowest BCUT2D eigenvalue weighted by atomic mass is 9.71. The summed E-state index contributed by atoms with van der Waals surface area (Å²) in [6.45, 7) is 1.74. The van der Waals surface area contributed by atoms with E-state index < -0.39 is 6.10 Å². The topological polar surface area (TPSA) is 58.6 Å². The van der Waals surface area contributed by atoms with Crippen LogP contribution in [0.5, 0.6) is 0 Å². The van der Waals surface area contributed by atoms with E-state index in [1.54, 1.807) is 0 Å². The largest absolute Gasteiger partial charge is 0.391 e. The molecular weight excluding hydrogens is 170 g/mol. The molecule has 0 aromatic carbocycles. The third-order valence-corrected chi connectivity index (χ3v) is 3.20. The molecule has 2 rings (SSSR count). The zero-order valence-corrected chi connectivity index (χ0v) is 7.58. The molecule has 0 aliphatic carbocycles. The first-order valence-corrected chi connectivity index (χ1v) is 4.75. The van der Waals surface area contributed by atoms with Crippen LogP contribution in [-0.2, 0) is 9.53 Å². The minimum Gasteiger partial charge on any atom is -0.391 e. The third kappa shape index (κ3) is 1.56. The molecule has 2 saturated heterocycles. The van der Waals surface area contributed by atoms with Crippen LogP contribution in [0.3, 0.4) is 0 Å². The molecule has 1 atom stereocenters. The molecule has 0 bridgehead atoms. The van der Waals surface area contributed by atoms with Crippen LogP contribution in [0.2, 0.25) is 0 Å². The molecule has 2 aliphatic heterocycles. The van der Waals surface area contributed by atoms with Gasteiger partial charge in [-0.3, -0.25) is 4.79 Å². The Morgan fingerprint density at radius 1 is 1.46 bits per heavy atom. The maximum atomic E-state index is 11.2. The average molecular weight is 185 g/mol. The number of nitrogens with one attached hydrogen (secondary N) is 1. The summed E-state index contributed by atoms with van der Waals surface area (Å²) >= 11 is 0. The second-order valence-corrected chi connectivity index (χ2v) is 3.97. The van der Waals surface area contributed by atoms with Gasteiger partial charge in [0.15, 0.2) is 0 Å². The van der Waals surface area contributed by atoms with Crippen molar-refractivity contribution in [2.75, 3.05) is 19.8 Å². The molecule has 0 radical (unpaired) electrons. The monoisotopic (exact) mass is 185 g/mol. The Balaban J connectivity index is 2.11. The lowest BCUT2D eigenvalue weighted by Crippen LogP contribution is -2.53. The van der Waals surface area contributed by atoms with Gasteiger partial charge in [0.25, 0.3) is 0 Å². The van der Waals surface area contributed by atoms with Crippen molar-refractivity contribution in [1.29, 1.82) is 0 Å². The van der Waals surface area contributed by atoms with Gasteiger partial charge in [-0.25, -0.2) is 0 Å². The Bertz CT molecular complexity index is 211. The van der Waals surface area contributed by atoms with Crippen LogP contribution in [-0.4, -0.2) is 36.9 Å². The van der Waals surface area contributed by atoms with Crippen molar-refractivity contribution in [3.8, 4) is 0 Å². The van der Waals surface area contributed by atoms with Gasteiger partial charge in [-0.05, 0) is 12.8 Å². The summed E-state index contributed by atoms with van der Waals surface area (Å²) in [5, 5.41) is 12.5. The Kier molecular flexibility index (Phi) is 2.26. The average Bonchev–Trinajstić information content (AvgIpc) is 2.14.